The van der Waals surface area contributed by atoms with Crippen LogP contribution in [0.5, 0.6) is 5.75 Å². The Labute approximate surface area is 225 Å². The molecule has 190 valence electrons. The topological polar surface area (TPSA) is 70.2 Å². The molecule has 0 N–H and O–H groups in total. The Morgan fingerprint density at radius 1 is 1.00 bits per heavy atom. The maximum absolute atomic E-state index is 13.6. The molecule has 10 heteroatoms. The van der Waals surface area contributed by atoms with Gasteiger partial charge in [-0.3, -0.25) is 9.10 Å². The lowest BCUT2D eigenvalue weighted by Gasteiger charge is -2.37. The zero-order chi connectivity index (χ0) is 25.7. The highest BCUT2D eigenvalue weighted by atomic mass is 79.9. The van der Waals surface area contributed by atoms with Crippen molar-refractivity contribution in [1.82, 2.24) is 4.90 Å². The third-order valence-corrected chi connectivity index (χ3v) is 8.47. The van der Waals surface area contributed by atoms with Crippen LogP contribution in [-0.4, -0.2) is 58.6 Å². The van der Waals surface area contributed by atoms with Crippen molar-refractivity contribution in [3.63, 3.8) is 0 Å². The van der Waals surface area contributed by atoms with E-state index in [4.69, 9.17) is 16.3 Å². The number of carbonyl (C=O) groups is 1. The first-order chi connectivity index (χ1) is 17.3. The van der Waals surface area contributed by atoms with Gasteiger partial charge in [-0.05, 0) is 73.7 Å². The van der Waals surface area contributed by atoms with E-state index in [0.29, 0.717) is 49.2 Å². The maximum atomic E-state index is 13.6. The monoisotopic (exact) mass is 591 g/mol. The maximum Gasteiger partial charge on any atom is 0.264 e. The molecule has 0 bridgehead atoms. The highest BCUT2D eigenvalue weighted by molar-refractivity contribution is 9.10. The standard InChI is InChI=1S/C26H27BrClN3O4S/c1-2-35-24-10-8-22(9-11-24)31(36(33,34)25-12-6-20(27)7-13-25)19-26(32)30-16-14-29(15-17-30)23-5-3-4-21(28)18-23/h3-13,18H,2,14-17,19H2,1H3. The molecule has 1 amide bonds. The first kappa shape index (κ1) is 26.3. The number of rotatable bonds is 8. The van der Waals surface area contributed by atoms with Gasteiger partial charge in [-0.1, -0.05) is 33.6 Å². The molecule has 0 spiro atoms. The van der Waals surface area contributed by atoms with Crippen LogP contribution >= 0.6 is 27.5 Å². The van der Waals surface area contributed by atoms with Crippen molar-refractivity contribution in [3.8, 4) is 5.75 Å². The number of benzene rings is 3. The molecule has 3 aromatic rings. The summed E-state index contributed by atoms with van der Waals surface area (Å²) in [4.78, 5) is 17.3. The molecule has 0 unspecified atom stereocenters. The van der Waals surface area contributed by atoms with Crippen LogP contribution in [0, 0.1) is 0 Å². The predicted octanol–water partition coefficient (Wildman–Crippen LogP) is 5.05. The van der Waals surface area contributed by atoms with Gasteiger partial charge in [-0.15, -0.1) is 0 Å². The van der Waals surface area contributed by atoms with Gasteiger partial charge in [-0.25, -0.2) is 8.42 Å². The average molecular weight is 593 g/mol. The van der Waals surface area contributed by atoms with E-state index < -0.39 is 10.0 Å². The molecule has 1 aliphatic rings. The minimum atomic E-state index is -3.99. The molecule has 0 aromatic heterocycles. The summed E-state index contributed by atoms with van der Waals surface area (Å²) in [5, 5.41) is 0.662. The minimum absolute atomic E-state index is 0.109. The summed E-state index contributed by atoms with van der Waals surface area (Å²) in [5.74, 6) is 0.376. The Bertz CT molecular complexity index is 1300. The second-order valence-electron chi connectivity index (χ2n) is 8.24. The van der Waals surface area contributed by atoms with Gasteiger partial charge in [0.05, 0.1) is 17.2 Å². The molecule has 36 heavy (non-hydrogen) atoms. The number of carbonyl (C=O) groups excluding carboxylic acids is 1. The Balaban J connectivity index is 1.54. The van der Waals surface area contributed by atoms with Crippen molar-refractivity contribution < 1.29 is 17.9 Å². The number of hydrogen-bond donors (Lipinski definition) is 0. The zero-order valence-corrected chi connectivity index (χ0v) is 23.0. The summed E-state index contributed by atoms with van der Waals surface area (Å²) in [6.45, 7) is 4.32. The number of sulfonamides is 1. The molecule has 3 aromatic carbocycles. The van der Waals surface area contributed by atoms with E-state index in [1.54, 1.807) is 41.3 Å². The van der Waals surface area contributed by atoms with E-state index in [-0.39, 0.29) is 17.3 Å². The van der Waals surface area contributed by atoms with Gasteiger partial charge in [-0.2, -0.15) is 0 Å². The molecular formula is C26H27BrClN3O4S. The average Bonchev–Trinajstić information content (AvgIpc) is 2.88. The van der Waals surface area contributed by atoms with Crippen LogP contribution in [-0.2, 0) is 14.8 Å². The van der Waals surface area contributed by atoms with Crippen LogP contribution in [0.2, 0.25) is 5.02 Å². The molecule has 4 rings (SSSR count). The van der Waals surface area contributed by atoms with Gasteiger partial charge >= 0.3 is 0 Å². The first-order valence-electron chi connectivity index (χ1n) is 11.6. The predicted molar refractivity (Wildman–Crippen MR) is 147 cm³/mol. The number of anilines is 2. The van der Waals surface area contributed by atoms with Crippen LogP contribution in [0.4, 0.5) is 11.4 Å². The summed E-state index contributed by atoms with van der Waals surface area (Å²) in [6, 6.07) is 20.7. The van der Waals surface area contributed by atoms with E-state index >= 15 is 0 Å². The fraction of sp³-hybridized carbons (Fsp3) is 0.269. The SMILES string of the molecule is CCOc1ccc(N(CC(=O)N2CCN(c3cccc(Cl)c3)CC2)S(=O)(=O)c2ccc(Br)cc2)cc1. The molecule has 1 saturated heterocycles. The number of nitrogens with zero attached hydrogens (tertiary/aromatic N) is 3. The molecule has 0 radical (unpaired) electrons. The van der Waals surface area contributed by atoms with E-state index in [2.05, 4.69) is 20.8 Å². The molecule has 1 fully saturated rings. The van der Waals surface area contributed by atoms with E-state index in [1.807, 2.05) is 31.2 Å². The largest absolute Gasteiger partial charge is 0.494 e. The highest BCUT2D eigenvalue weighted by Gasteiger charge is 2.30. The van der Waals surface area contributed by atoms with Crippen LogP contribution in [0.15, 0.2) is 82.2 Å². The van der Waals surface area contributed by atoms with E-state index in [1.165, 1.54) is 12.1 Å². The Morgan fingerprint density at radius 3 is 2.28 bits per heavy atom. The normalized spacial score (nSPS) is 14.0. The molecule has 7 nitrogen and oxygen atoms in total. The Morgan fingerprint density at radius 2 is 1.67 bits per heavy atom. The van der Waals surface area contributed by atoms with Crippen molar-refractivity contribution >= 4 is 54.8 Å². The lowest BCUT2D eigenvalue weighted by molar-refractivity contribution is -0.129. The third-order valence-electron chi connectivity index (χ3n) is 5.92. The second kappa shape index (κ2) is 11.5. The first-order valence-corrected chi connectivity index (χ1v) is 14.2. The lowest BCUT2D eigenvalue weighted by atomic mass is 10.2. The van der Waals surface area contributed by atoms with Crippen molar-refractivity contribution in [3.05, 3.63) is 82.3 Å². The van der Waals surface area contributed by atoms with Crippen LogP contribution in [0.3, 0.4) is 0 Å². The summed E-state index contributed by atoms with van der Waals surface area (Å²) >= 11 is 9.46. The summed E-state index contributed by atoms with van der Waals surface area (Å²) in [7, 11) is -3.99. The van der Waals surface area contributed by atoms with Gasteiger partial charge in [0.2, 0.25) is 5.91 Å². The number of ether oxygens (including phenoxy) is 1. The zero-order valence-electron chi connectivity index (χ0n) is 19.8. The van der Waals surface area contributed by atoms with Crippen LogP contribution in [0.25, 0.3) is 0 Å². The van der Waals surface area contributed by atoms with Crippen molar-refractivity contribution in [2.75, 3.05) is 48.5 Å². The van der Waals surface area contributed by atoms with Crippen LogP contribution in [0.1, 0.15) is 6.92 Å². The molecule has 0 aliphatic carbocycles. The van der Waals surface area contributed by atoms with Gasteiger partial charge in [0.1, 0.15) is 12.3 Å². The van der Waals surface area contributed by atoms with E-state index in [0.717, 1.165) is 14.5 Å². The molecule has 0 saturated carbocycles. The molecule has 1 aliphatic heterocycles. The van der Waals surface area contributed by atoms with Crippen molar-refractivity contribution in [1.29, 1.82) is 0 Å². The quantitative estimate of drug-likeness (QED) is 0.366. The second-order valence-corrected chi connectivity index (χ2v) is 11.5. The van der Waals surface area contributed by atoms with Crippen molar-refractivity contribution in [2.24, 2.45) is 0 Å². The molecule has 1 heterocycles. The van der Waals surface area contributed by atoms with Crippen molar-refractivity contribution in [2.45, 2.75) is 11.8 Å². The minimum Gasteiger partial charge on any atom is -0.494 e. The molecular weight excluding hydrogens is 566 g/mol. The number of hydrogen-bond acceptors (Lipinski definition) is 5. The van der Waals surface area contributed by atoms with Gasteiger partial charge in [0, 0.05) is 41.4 Å². The fourth-order valence-electron chi connectivity index (χ4n) is 4.03. The lowest BCUT2D eigenvalue weighted by Crippen LogP contribution is -2.52. The van der Waals surface area contributed by atoms with Gasteiger partial charge < -0.3 is 14.5 Å². The Hall–Kier alpha value is -2.75. The summed E-state index contributed by atoms with van der Waals surface area (Å²) in [6.07, 6.45) is 0. The number of piperazine rings is 1. The van der Waals surface area contributed by atoms with E-state index in [9.17, 15) is 13.2 Å². The molecule has 0 atom stereocenters. The fourth-order valence-corrected chi connectivity index (χ4v) is 5.90. The van der Waals surface area contributed by atoms with Crippen LogP contribution < -0.4 is 13.9 Å². The number of amides is 1. The number of halogens is 2. The summed E-state index contributed by atoms with van der Waals surface area (Å²) < 4.78 is 34.7. The Kier molecular flexibility index (Phi) is 8.43. The summed E-state index contributed by atoms with van der Waals surface area (Å²) in [5.41, 5.74) is 1.40. The van der Waals surface area contributed by atoms with Gasteiger partial charge in [0.25, 0.3) is 10.0 Å². The smallest absolute Gasteiger partial charge is 0.264 e. The third kappa shape index (κ3) is 6.14. The highest BCUT2D eigenvalue weighted by Crippen LogP contribution is 2.27. The van der Waals surface area contributed by atoms with Gasteiger partial charge in [0.15, 0.2) is 0 Å².